The zero-order chi connectivity index (χ0) is 15.1. The van der Waals surface area contributed by atoms with Crippen LogP contribution in [0.3, 0.4) is 0 Å². The minimum absolute atomic E-state index is 0.142. The van der Waals surface area contributed by atoms with Crippen LogP contribution in [0.2, 0.25) is 0 Å². The molecule has 22 heavy (non-hydrogen) atoms. The van der Waals surface area contributed by atoms with Gasteiger partial charge in [0.2, 0.25) is 0 Å². The highest BCUT2D eigenvalue weighted by atomic mass is 16.5. The molecule has 2 heterocycles. The molecule has 0 aromatic heterocycles. The number of nitrogens with zero attached hydrogens (tertiary/aromatic N) is 1. The largest absolute Gasteiger partial charge is 0.466 e. The summed E-state index contributed by atoms with van der Waals surface area (Å²) in [5.74, 6) is 0.830. The molecule has 2 aromatic carbocycles. The van der Waals surface area contributed by atoms with Crippen molar-refractivity contribution in [2.75, 3.05) is 7.05 Å². The van der Waals surface area contributed by atoms with Gasteiger partial charge in [-0.1, -0.05) is 36.4 Å². The van der Waals surface area contributed by atoms with Gasteiger partial charge in [-0.05, 0) is 29.8 Å². The molecule has 1 atom stereocenters. The number of carbonyl (C=O) groups excluding carboxylic acids is 1. The summed E-state index contributed by atoms with van der Waals surface area (Å²) in [4.78, 5) is 13.1. The Bertz CT molecular complexity index is 805. The number of hydrogen-bond donors (Lipinski definition) is 0. The second-order valence-corrected chi connectivity index (χ2v) is 5.49. The normalized spacial score (nSPS) is 18.8. The Hall–Kier alpha value is -2.81. The van der Waals surface area contributed by atoms with Crippen molar-refractivity contribution < 1.29 is 9.53 Å². The summed E-state index contributed by atoms with van der Waals surface area (Å²) >= 11 is 0. The summed E-state index contributed by atoms with van der Waals surface area (Å²) in [7, 11) is 2.03. The molecule has 1 unspecified atom stereocenters. The lowest BCUT2D eigenvalue weighted by molar-refractivity contribution is 0.112. The first-order chi connectivity index (χ1) is 10.8. The lowest BCUT2D eigenvalue weighted by Crippen LogP contribution is -2.34. The number of aldehydes is 1. The van der Waals surface area contributed by atoms with Crippen LogP contribution in [0.4, 0.5) is 0 Å². The highest BCUT2D eigenvalue weighted by Gasteiger charge is 2.34. The number of fused-ring (bicyclic) bond motifs is 3. The maximum absolute atomic E-state index is 11.0. The first-order valence-electron chi connectivity index (χ1n) is 7.24. The predicted octanol–water partition coefficient (Wildman–Crippen LogP) is 3.59. The number of likely N-dealkylation sites (N-methyl/N-ethyl adjacent to an activating group) is 1. The van der Waals surface area contributed by atoms with Gasteiger partial charge in [-0.2, -0.15) is 0 Å². The Morgan fingerprint density at radius 3 is 2.68 bits per heavy atom. The van der Waals surface area contributed by atoms with Crippen LogP contribution in [0.25, 0.3) is 11.3 Å². The molecule has 2 aliphatic rings. The first-order valence-corrected chi connectivity index (χ1v) is 7.24. The third kappa shape index (κ3) is 1.86. The molecule has 3 heteroatoms. The van der Waals surface area contributed by atoms with Crippen LogP contribution < -0.4 is 4.74 Å². The average Bonchev–Trinajstić information content (AvgIpc) is 2.95. The van der Waals surface area contributed by atoms with Crippen molar-refractivity contribution in [3.05, 3.63) is 77.4 Å². The number of carbonyl (C=O) groups is 1. The fourth-order valence-electron chi connectivity index (χ4n) is 3.05. The number of rotatable bonds is 2. The van der Waals surface area contributed by atoms with E-state index in [0.29, 0.717) is 5.56 Å². The third-order valence-corrected chi connectivity index (χ3v) is 4.18. The van der Waals surface area contributed by atoms with Gasteiger partial charge in [-0.3, -0.25) is 4.79 Å². The molecule has 0 radical (unpaired) electrons. The monoisotopic (exact) mass is 289 g/mol. The minimum Gasteiger partial charge on any atom is -0.466 e. The SMILES string of the molecule is CN1C(c2ccccc2)=CC=C2c3cc(C=O)ccc3OC21. The summed E-state index contributed by atoms with van der Waals surface area (Å²) in [5, 5.41) is 0. The second-order valence-electron chi connectivity index (χ2n) is 5.49. The molecule has 108 valence electrons. The third-order valence-electron chi connectivity index (χ3n) is 4.18. The summed E-state index contributed by atoms with van der Waals surface area (Å²) in [6, 6.07) is 15.8. The maximum Gasteiger partial charge on any atom is 0.199 e. The van der Waals surface area contributed by atoms with Gasteiger partial charge in [0.15, 0.2) is 6.23 Å². The molecule has 0 spiro atoms. The molecule has 0 saturated carbocycles. The fourth-order valence-corrected chi connectivity index (χ4v) is 3.05. The molecular formula is C19H15NO2. The van der Waals surface area contributed by atoms with Crippen LogP contribution in [-0.2, 0) is 0 Å². The first kappa shape index (κ1) is 12.9. The van der Waals surface area contributed by atoms with E-state index in [4.69, 9.17) is 4.74 Å². The zero-order valence-corrected chi connectivity index (χ0v) is 12.2. The van der Waals surface area contributed by atoms with Crippen LogP contribution in [0, 0.1) is 0 Å². The molecule has 2 aromatic rings. The van der Waals surface area contributed by atoms with Gasteiger partial charge >= 0.3 is 0 Å². The standard InChI is InChI=1S/C19H15NO2/c1-20-17(14-5-3-2-4-6-14)9-8-15-16-11-13(12-21)7-10-18(16)22-19(15)20/h2-12,19H,1H3. The van der Waals surface area contributed by atoms with Crippen molar-refractivity contribution >= 4 is 17.6 Å². The van der Waals surface area contributed by atoms with E-state index in [1.54, 1.807) is 6.07 Å². The highest BCUT2D eigenvalue weighted by Crippen LogP contribution is 2.43. The molecule has 0 bridgehead atoms. The number of ether oxygens (including phenoxy) is 1. The Kier molecular flexibility index (Phi) is 2.86. The van der Waals surface area contributed by atoms with E-state index in [-0.39, 0.29) is 6.23 Å². The van der Waals surface area contributed by atoms with Crippen LogP contribution in [0.5, 0.6) is 5.75 Å². The summed E-state index contributed by atoms with van der Waals surface area (Å²) in [5.41, 5.74) is 5.06. The summed E-state index contributed by atoms with van der Waals surface area (Å²) < 4.78 is 6.08. The molecule has 4 rings (SSSR count). The number of hydrogen-bond acceptors (Lipinski definition) is 3. The van der Waals surface area contributed by atoms with Crippen molar-refractivity contribution in [1.29, 1.82) is 0 Å². The maximum atomic E-state index is 11.0. The highest BCUT2D eigenvalue weighted by molar-refractivity contribution is 5.87. The van der Waals surface area contributed by atoms with Crippen LogP contribution >= 0.6 is 0 Å². The van der Waals surface area contributed by atoms with Gasteiger partial charge in [0, 0.05) is 29.4 Å². The smallest absolute Gasteiger partial charge is 0.199 e. The number of benzene rings is 2. The summed E-state index contributed by atoms with van der Waals surface area (Å²) in [6.07, 6.45) is 4.92. The van der Waals surface area contributed by atoms with Gasteiger partial charge in [0.05, 0.1) is 0 Å². The van der Waals surface area contributed by atoms with E-state index in [1.165, 1.54) is 0 Å². The van der Waals surface area contributed by atoms with Crippen molar-refractivity contribution in [3.8, 4) is 5.75 Å². The molecular weight excluding hydrogens is 274 g/mol. The van der Waals surface area contributed by atoms with E-state index >= 15 is 0 Å². The van der Waals surface area contributed by atoms with Gasteiger partial charge in [-0.25, -0.2) is 0 Å². The minimum atomic E-state index is -0.142. The molecule has 3 nitrogen and oxygen atoms in total. The fraction of sp³-hybridized carbons (Fsp3) is 0.105. The zero-order valence-electron chi connectivity index (χ0n) is 12.2. The Balaban J connectivity index is 1.79. The Morgan fingerprint density at radius 2 is 1.91 bits per heavy atom. The topological polar surface area (TPSA) is 29.5 Å². The van der Waals surface area contributed by atoms with Gasteiger partial charge < -0.3 is 9.64 Å². The average molecular weight is 289 g/mol. The van der Waals surface area contributed by atoms with E-state index in [1.807, 2.05) is 37.4 Å². The van der Waals surface area contributed by atoms with Gasteiger partial charge in [0.1, 0.15) is 12.0 Å². The van der Waals surface area contributed by atoms with Gasteiger partial charge in [0.25, 0.3) is 0 Å². The predicted molar refractivity (Wildman–Crippen MR) is 86.4 cm³/mol. The second kappa shape index (κ2) is 4.88. The van der Waals surface area contributed by atoms with Crippen LogP contribution in [0.1, 0.15) is 21.5 Å². The van der Waals surface area contributed by atoms with Crippen molar-refractivity contribution in [2.24, 2.45) is 0 Å². The van der Waals surface area contributed by atoms with E-state index in [0.717, 1.165) is 34.4 Å². The van der Waals surface area contributed by atoms with Crippen molar-refractivity contribution in [1.82, 2.24) is 4.90 Å². The van der Waals surface area contributed by atoms with E-state index < -0.39 is 0 Å². The molecule has 0 aliphatic carbocycles. The Morgan fingerprint density at radius 1 is 1.09 bits per heavy atom. The molecule has 0 fully saturated rings. The quantitative estimate of drug-likeness (QED) is 0.791. The van der Waals surface area contributed by atoms with Gasteiger partial charge in [-0.15, -0.1) is 0 Å². The van der Waals surface area contributed by atoms with Crippen molar-refractivity contribution in [3.63, 3.8) is 0 Å². The summed E-state index contributed by atoms with van der Waals surface area (Å²) in [6.45, 7) is 0. The number of allylic oxidation sites excluding steroid dienone is 2. The molecule has 2 aliphatic heterocycles. The van der Waals surface area contributed by atoms with E-state index in [2.05, 4.69) is 29.2 Å². The molecule has 0 N–H and O–H groups in total. The van der Waals surface area contributed by atoms with Crippen LogP contribution in [-0.4, -0.2) is 24.5 Å². The van der Waals surface area contributed by atoms with Crippen LogP contribution in [0.15, 0.2) is 60.7 Å². The molecule has 0 saturated heterocycles. The van der Waals surface area contributed by atoms with E-state index in [9.17, 15) is 4.79 Å². The van der Waals surface area contributed by atoms with Crippen molar-refractivity contribution in [2.45, 2.75) is 6.23 Å². The molecule has 0 amide bonds. The lowest BCUT2D eigenvalue weighted by atomic mass is 9.98. The lowest BCUT2D eigenvalue weighted by Gasteiger charge is -2.32. The Labute approximate surface area is 129 Å².